The number of benzene rings is 2. The minimum absolute atomic E-state index is 0.175. The number of anilines is 1. The summed E-state index contributed by atoms with van der Waals surface area (Å²) in [6, 6.07) is 19.6. The van der Waals surface area contributed by atoms with E-state index in [0.29, 0.717) is 11.4 Å². The average molecular weight is 414 g/mol. The first kappa shape index (κ1) is 19.7. The fraction of sp³-hybridized carbons (Fsp3) is 0.130. The van der Waals surface area contributed by atoms with Gasteiger partial charge in [-0.25, -0.2) is 9.67 Å². The molecule has 2 aromatic carbocycles. The van der Waals surface area contributed by atoms with E-state index in [2.05, 4.69) is 22.6 Å². The highest BCUT2D eigenvalue weighted by Gasteiger charge is 2.16. The van der Waals surface area contributed by atoms with Gasteiger partial charge in [0.05, 0.1) is 28.2 Å². The molecular weight excluding hydrogens is 394 g/mol. The molecule has 0 fully saturated rings. The number of fused-ring (bicyclic) bond motifs is 1. The van der Waals surface area contributed by atoms with Crippen LogP contribution < -0.4 is 5.32 Å². The molecule has 0 aliphatic heterocycles. The highest BCUT2D eigenvalue weighted by Crippen LogP contribution is 2.26. The van der Waals surface area contributed by atoms with Crippen LogP contribution in [0.15, 0.2) is 65.8 Å². The zero-order valence-corrected chi connectivity index (χ0v) is 17.4. The van der Waals surface area contributed by atoms with Gasteiger partial charge in [0, 0.05) is 5.39 Å². The predicted octanol–water partition coefficient (Wildman–Crippen LogP) is 4.64. The first-order valence-electron chi connectivity index (χ1n) is 9.40. The van der Waals surface area contributed by atoms with E-state index in [1.165, 1.54) is 18.0 Å². The molecule has 0 saturated carbocycles. The number of carbonyl (C=O) groups excluding carboxylic acids is 1. The standard InChI is InChI=1S/C23H19N5OS/c1-15-7-6-10-19-16(2)11-21(27-22(15)19)30-14-20(29)26-23-17(12-24)13-25-28(23)18-8-4-3-5-9-18/h3-11,13H,14H2,1-2H3,(H,26,29). The number of nitrogens with zero attached hydrogens (tertiary/aromatic N) is 4. The molecule has 1 N–H and O–H groups in total. The van der Waals surface area contributed by atoms with Crippen molar-refractivity contribution < 1.29 is 4.79 Å². The maximum absolute atomic E-state index is 12.6. The number of nitriles is 1. The Bertz CT molecular complexity index is 1270. The molecule has 7 heteroatoms. The van der Waals surface area contributed by atoms with Crippen LogP contribution in [0.2, 0.25) is 0 Å². The molecule has 1 amide bonds. The molecule has 0 radical (unpaired) electrons. The molecule has 148 valence electrons. The Labute approximate surface area is 178 Å². The van der Waals surface area contributed by atoms with Crippen LogP contribution in [-0.2, 0) is 4.79 Å². The first-order valence-corrected chi connectivity index (χ1v) is 10.4. The second kappa shape index (κ2) is 8.39. The van der Waals surface area contributed by atoms with E-state index < -0.39 is 0 Å². The van der Waals surface area contributed by atoms with Gasteiger partial charge < -0.3 is 5.32 Å². The van der Waals surface area contributed by atoms with Crippen molar-refractivity contribution in [1.82, 2.24) is 14.8 Å². The van der Waals surface area contributed by atoms with Crippen molar-refractivity contribution in [2.75, 3.05) is 11.1 Å². The van der Waals surface area contributed by atoms with Crippen LogP contribution in [0.5, 0.6) is 0 Å². The minimum Gasteiger partial charge on any atom is -0.309 e. The highest BCUT2D eigenvalue weighted by molar-refractivity contribution is 7.99. The number of thioether (sulfide) groups is 1. The number of aryl methyl sites for hydroxylation is 2. The van der Waals surface area contributed by atoms with Crippen molar-refractivity contribution in [3.63, 3.8) is 0 Å². The van der Waals surface area contributed by atoms with Gasteiger partial charge >= 0.3 is 0 Å². The Morgan fingerprint density at radius 2 is 1.93 bits per heavy atom. The van der Waals surface area contributed by atoms with E-state index in [9.17, 15) is 10.1 Å². The van der Waals surface area contributed by atoms with Crippen molar-refractivity contribution in [2.45, 2.75) is 18.9 Å². The van der Waals surface area contributed by atoms with Crippen molar-refractivity contribution >= 4 is 34.4 Å². The summed E-state index contributed by atoms with van der Waals surface area (Å²) < 4.78 is 1.56. The number of para-hydroxylation sites is 2. The Balaban J connectivity index is 1.53. The van der Waals surface area contributed by atoms with E-state index in [4.69, 9.17) is 4.98 Å². The third-order valence-corrected chi connectivity index (χ3v) is 5.64. The summed E-state index contributed by atoms with van der Waals surface area (Å²) in [7, 11) is 0. The van der Waals surface area contributed by atoms with E-state index in [1.807, 2.05) is 62.4 Å². The van der Waals surface area contributed by atoms with E-state index in [0.717, 1.165) is 32.7 Å². The van der Waals surface area contributed by atoms with Crippen molar-refractivity contribution in [3.05, 3.63) is 77.5 Å². The summed E-state index contributed by atoms with van der Waals surface area (Å²) in [6.07, 6.45) is 1.45. The molecule has 4 aromatic rings. The van der Waals surface area contributed by atoms with Gasteiger partial charge in [-0.05, 0) is 43.2 Å². The average Bonchev–Trinajstić information content (AvgIpc) is 3.16. The van der Waals surface area contributed by atoms with Crippen LogP contribution in [0.3, 0.4) is 0 Å². The summed E-state index contributed by atoms with van der Waals surface area (Å²) in [5.74, 6) is 0.320. The molecule has 0 spiro atoms. The van der Waals surface area contributed by atoms with E-state index in [-0.39, 0.29) is 11.7 Å². The third kappa shape index (κ3) is 3.91. The van der Waals surface area contributed by atoms with Crippen molar-refractivity contribution in [2.24, 2.45) is 0 Å². The number of pyridine rings is 1. The number of rotatable bonds is 5. The van der Waals surface area contributed by atoms with Gasteiger partial charge in [-0.3, -0.25) is 4.79 Å². The molecular formula is C23H19N5OS. The van der Waals surface area contributed by atoms with E-state index in [1.54, 1.807) is 4.68 Å². The molecule has 0 aliphatic rings. The largest absolute Gasteiger partial charge is 0.309 e. The number of hydrogen-bond donors (Lipinski definition) is 1. The summed E-state index contributed by atoms with van der Waals surface area (Å²) in [5.41, 5.74) is 4.26. The number of nitrogens with one attached hydrogen (secondary N) is 1. The normalized spacial score (nSPS) is 10.7. The lowest BCUT2D eigenvalue weighted by Crippen LogP contribution is -2.17. The molecule has 2 aromatic heterocycles. The lowest BCUT2D eigenvalue weighted by Gasteiger charge is -2.10. The van der Waals surface area contributed by atoms with Crippen LogP contribution in [0.25, 0.3) is 16.6 Å². The van der Waals surface area contributed by atoms with E-state index >= 15 is 0 Å². The molecule has 0 unspecified atom stereocenters. The van der Waals surface area contributed by atoms with Crippen molar-refractivity contribution in [3.8, 4) is 11.8 Å². The van der Waals surface area contributed by atoms with Gasteiger partial charge in [-0.1, -0.05) is 48.2 Å². The first-order chi connectivity index (χ1) is 14.6. The topological polar surface area (TPSA) is 83.6 Å². The Hall–Kier alpha value is -3.63. The number of carbonyl (C=O) groups is 1. The minimum atomic E-state index is -0.224. The van der Waals surface area contributed by atoms with Gasteiger partial charge in [0.15, 0.2) is 5.82 Å². The Kier molecular flexibility index (Phi) is 5.50. The molecule has 6 nitrogen and oxygen atoms in total. The van der Waals surface area contributed by atoms with Crippen LogP contribution in [0, 0.1) is 25.2 Å². The number of hydrogen-bond acceptors (Lipinski definition) is 5. The third-order valence-electron chi connectivity index (χ3n) is 4.72. The molecule has 0 aliphatic carbocycles. The smallest absolute Gasteiger partial charge is 0.235 e. The van der Waals surface area contributed by atoms with Gasteiger partial charge in [0.25, 0.3) is 0 Å². The van der Waals surface area contributed by atoms with Crippen LogP contribution >= 0.6 is 11.8 Å². The summed E-state index contributed by atoms with van der Waals surface area (Å²) in [6.45, 7) is 4.08. The summed E-state index contributed by atoms with van der Waals surface area (Å²) >= 11 is 1.37. The Morgan fingerprint density at radius 3 is 2.70 bits per heavy atom. The lowest BCUT2D eigenvalue weighted by molar-refractivity contribution is -0.113. The van der Waals surface area contributed by atoms with Crippen molar-refractivity contribution in [1.29, 1.82) is 5.26 Å². The van der Waals surface area contributed by atoms with Gasteiger partial charge in [-0.15, -0.1) is 0 Å². The number of amides is 1. The monoisotopic (exact) mass is 413 g/mol. The molecule has 0 saturated heterocycles. The maximum atomic E-state index is 12.6. The predicted molar refractivity (Wildman–Crippen MR) is 119 cm³/mol. The number of aromatic nitrogens is 3. The lowest BCUT2D eigenvalue weighted by atomic mass is 10.1. The van der Waals surface area contributed by atoms with Gasteiger partial charge in [-0.2, -0.15) is 10.4 Å². The summed E-state index contributed by atoms with van der Waals surface area (Å²) in [5, 5.41) is 18.4. The maximum Gasteiger partial charge on any atom is 0.235 e. The van der Waals surface area contributed by atoms with Gasteiger partial charge in [0.2, 0.25) is 5.91 Å². The molecule has 0 atom stereocenters. The molecule has 2 heterocycles. The van der Waals surface area contributed by atoms with Gasteiger partial charge in [0.1, 0.15) is 11.6 Å². The molecule has 0 bridgehead atoms. The second-order valence-electron chi connectivity index (χ2n) is 6.85. The highest BCUT2D eigenvalue weighted by atomic mass is 32.2. The zero-order chi connectivity index (χ0) is 21.1. The fourth-order valence-electron chi connectivity index (χ4n) is 3.23. The zero-order valence-electron chi connectivity index (χ0n) is 16.6. The Morgan fingerprint density at radius 1 is 1.13 bits per heavy atom. The fourth-order valence-corrected chi connectivity index (χ4v) is 4.00. The quantitative estimate of drug-likeness (QED) is 0.482. The molecule has 4 rings (SSSR count). The SMILES string of the molecule is Cc1cc(SCC(=O)Nc2c(C#N)cnn2-c2ccccc2)nc2c(C)cccc12. The molecule has 30 heavy (non-hydrogen) atoms. The second-order valence-corrected chi connectivity index (χ2v) is 7.85. The summed E-state index contributed by atoms with van der Waals surface area (Å²) in [4.78, 5) is 17.4. The van der Waals surface area contributed by atoms with Crippen LogP contribution in [-0.4, -0.2) is 26.4 Å². The van der Waals surface area contributed by atoms with Crippen LogP contribution in [0.4, 0.5) is 5.82 Å². The van der Waals surface area contributed by atoms with Crippen LogP contribution in [0.1, 0.15) is 16.7 Å².